The van der Waals surface area contributed by atoms with E-state index in [1.54, 1.807) is 0 Å². The van der Waals surface area contributed by atoms with Gasteiger partial charge in [-0.2, -0.15) is 0 Å². The van der Waals surface area contributed by atoms with E-state index in [2.05, 4.69) is 83.5 Å². The van der Waals surface area contributed by atoms with Gasteiger partial charge >= 0.3 is 0 Å². The molecule has 1 fully saturated rings. The molecule has 1 aromatic carbocycles. The molecule has 1 atom stereocenters. The van der Waals surface area contributed by atoms with E-state index in [1.165, 1.54) is 18.4 Å². The molecule has 158 valence electrons. The van der Waals surface area contributed by atoms with Crippen molar-refractivity contribution in [3.63, 3.8) is 0 Å². The van der Waals surface area contributed by atoms with Crippen LogP contribution in [0.4, 0.5) is 0 Å². The van der Waals surface area contributed by atoms with Gasteiger partial charge in [0, 0.05) is 31.1 Å². The number of nitrogens with one attached hydrogen (secondary N) is 2. The van der Waals surface area contributed by atoms with Crippen molar-refractivity contribution in [3.05, 3.63) is 53.7 Å². The zero-order valence-corrected chi connectivity index (χ0v) is 18.2. The van der Waals surface area contributed by atoms with E-state index < -0.39 is 0 Å². The summed E-state index contributed by atoms with van der Waals surface area (Å²) in [4.78, 5) is 11.6. The van der Waals surface area contributed by atoms with E-state index in [0.29, 0.717) is 18.5 Å². The van der Waals surface area contributed by atoms with Gasteiger partial charge in [0.1, 0.15) is 12.3 Å². The number of guanidine groups is 1. The summed E-state index contributed by atoms with van der Waals surface area (Å²) in [5.41, 5.74) is 1.33. The maximum atomic E-state index is 5.86. The van der Waals surface area contributed by atoms with E-state index >= 15 is 0 Å². The molecular weight excluding hydrogens is 362 g/mol. The fourth-order valence-electron chi connectivity index (χ4n) is 3.59. The highest BCUT2D eigenvalue weighted by atomic mass is 16.4. The minimum absolute atomic E-state index is 0.0393. The molecular formula is C23H35N5O. The Morgan fingerprint density at radius 1 is 1.24 bits per heavy atom. The predicted octanol–water partition coefficient (Wildman–Crippen LogP) is 3.69. The number of benzene rings is 1. The second-order valence-electron chi connectivity index (χ2n) is 8.70. The minimum Gasteiger partial charge on any atom is -0.443 e. The molecule has 1 saturated heterocycles. The molecule has 0 aliphatic carbocycles. The van der Waals surface area contributed by atoms with Gasteiger partial charge in [-0.25, -0.2) is 9.98 Å². The zero-order chi connectivity index (χ0) is 20.7. The average molecular weight is 398 g/mol. The lowest BCUT2D eigenvalue weighted by Crippen LogP contribution is -2.44. The second-order valence-corrected chi connectivity index (χ2v) is 8.70. The first-order valence-corrected chi connectivity index (χ1v) is 10.7. The van der Waals surface area contributed by atoms with Gasteiger partial charge in [0.15, 0.2) is 5.96 Å². The van der Waals surface area contributed by atoms with Crippen LogP contribution >= 0.6 is 0 Å². The van der Waals surface area contributed by atoms with Crippen LogP contribution in [0.15, 0.2) is 45.9 Å². The molecule has 2 aromatic rings. The molecule has 3 rings (SSSR count). The third kappa shape index (κ3) is 6.32. The van der Waals surface area contributed by atoms with Crippen molar-refractivity contribution in [2.45, 2.75) is 65.1 Å². The summed E-state index contributed by atoms with van der Waals surface area (Å²) in [5.74, 6) is 2.36. The molecule has 29 heavy (non-hydrogen) atoms. The van der Waals surface area contributed by atoms with Crippen molar-refractivity contribution in [1.82, 2.24) is 20.5 Å². The van der Waals surface area contributed by atoms with Crippen LogP contribution < -0.4 is 10.6 Å². The van der Waals surface area contributed by atoms with Crippen LogP contribution in [0.3, 0.4) is 0 Å². The molecule has 1 aliphatic heterocycles. The normalized spacial score (nSPS) is 18.2. The summed E-state index contributed by atoms with van der Waals surface area (Å²) in [6.07, 6.45) is 4.28. The van der Waals surface area contributed by atoms with E-state index in [-0.39, 0.29) is 5.41 Å². The summed E-state index contributed by atoms with van der Waals surface area (Å²) < 4.78 is 5.86. The first-order chi connectivity index (χ1) is 14.0. The van der Waals surface area contributed by atoms with E-state index in [1.807, 2.05) is 6.20 Å². The minimum atomic E-state index is -0.0393. The molecule has 0 saturated carbocycles. The van der Waals surface area contributed by atoms with Crippen LogP contribution in [0.2, 0.25) is 0 Å². The highest BCUT2D eigenvalue weighted by Gasteiger charge is 2.24. The van der Waals surface area contributed by atoms with Gasteiger partial charge in [-0.05, 0) is 31.9 Å². The Balaban J connectivity index is 1.55. The maximum absolute atomic E-state index is 5.86. The Bertz CT molecular complexity index is 778. The fourth-order valence-corrected chi connectivity index (χ4v) is 3.59. The van der Waals surface area contributed by atoms with Gasteiger partial charge in [-0.3, -0.25) is 4.90 Å². The molecule has 2 N–H and O–H groups in total. The lowest BCUT2D eigenvalue weighted by atomic mass is 9.94. The SMILES string of the molecule is CCNC(=NCc1ncc(C(C)(C)C)o1)NCC1CCCN1Cc1ccccc1. The predicted molar refractivity (Wildman–Crippen MR) is 118 cm³/mol. The van der Waals surface area contributed by atoms with Crippen molar-refractivity contribution in [1.29, 1.82) is 0 Å². The Kier molecular flexibility index (Phi) is 7.31. The largest absolute Gasteiger partial charge is 0.443 e. The Morgan fingerprint density at radius 2 is 2.03 bits per heavy atom. The summed E-state index contributed by atoms with van der Waals surface area (Å²) in [6.45, 7) is 12.7. The smallest absolute Gasteiger partial charge is 0.216 e. The number of oxazole rings is 1. The van der Waals surface area contributed by atoms with Crippen molar-refractivity contribution in [2.24, 2.45) is 4.99 Å². The van der Waals surface area contributed by atoms with E-state index in [4.69, 9.17) is 4.42 Å². The molecule has 6 heteroatoms. The Hall–Kier alpha value is -2.34. The topological polar surface area (TPSA) is 65.7 Å². The van der Waals surface area contributed by atoms with Crippen LogP contribution in [0.5, 0.6) is 0 Å². The fraction of sp³-hybridized carbons (Fsp3) is 0.565. The van der Waals surface area contributed by atoms with Gasteiger partial charge < -0.3 is 15.1 Å². The van der Waals surface area contributed by atoms with Crippen LogP contribution in [-0.2, 0) is 18.5 Å². The third-order valence-corrected chi connectivity index (χ3v) is 5.24. The second kappa shape index (κ2) is 9.92. The van der Waals surface area contributed by atoms with E-state index in [9.17, 15) is 0 Å². The van der Waals surface area contributed by atoms with Gasteiger partial charge in [0.25, 0.3) is 0 Å². The number of hydrogen-bond acceptors (Lipinski definition) is 4. The van der Waals surface area contributed by atoms with Gasteiger partial charge in [0.05, 0.1) is 6.20 Å². The molecule has 1 aromatic heterocycles. The third-order valence-electron chi connectivity index (χ3n) is 5.24. The number of hydrogen-bond donors (Lipinski definition) is 2. The molecule has 0 radical (unpaired) electrons. The number of likely N-dealkylation sites (tertiary alicyclic amines) is 1. The van der Waals surface area contributed by atoms with Crippen LogP contribution in [0, 0.1) is 0 Å². The van der Waals surface area contributed by atoms with Gasteiger partial charge in [-0.15, -0.1) is 0 Å². The molecule has 0 spiro atoms. The highest BCUT2D eigenvalue weighted by molar-refractivity contribution is 5.79. The van der Waals surface area contributed by atoms with Crippen LogP contribution in [0.25, 0.3) is 0 Å². The molecule has 0 bridgehead atoms. The monoisotopic (exact) mass is 397 g/mol. The van der Waals surface area contributed by atoms with E-state index in [0.717, 1.165) is 37.9 Å². The molecule has 1 unspecified atom stereocenters. The zero-order valence-electron chi connectivity index (χ0n) is 18.2. The molecule has 1 aliphatic rings. The standard InChI is InChI=1S/C23H35N5O/c1-5-24-22(27-16-21-25-15-20(29-21)23(2,3)4)26-14-19-12-9-13-28(19)17-18-10-7-6-8-11-18/h6-8,10-11,15,19H,5,9,12-14,16-17H2,1-4H3,(H2,24,26,27). The van der Waals surface area contributed by atoms with Crippen molar-refractivity contribution < 1.29 is 4.42 Å². The quantitative estimate of drug-likeness (QED) is 0.551. The van der Waals surface area contributed by atoms with Crippen molar-refractivity contribution >= 4 is 5.96 Å². The van der Waals surface area contributed by atoms with Crippen molar-refractivity contribution in [3.8, 4) is 0 Å². The van der Waals surface area contributed by atoms with Gasteiger partial charge in [-0.1, -0.05) is 51.1 Å². The molecule has 6 nitrogen and oxygen atoms in total. The summed E-state index contributed by atoms with van der Waals surface area (Å²) in [7, 11) is 0. The van der Waals surface area contributed by atoms with Gasteiger partial charge in [0.2, 0.25) is 5.89 Å². The lowest BCUT2D eigenvalue weighted by molar-refractivity contribution is 0.245. The Morgan fingerprint density at radius 3 is 2.72 bits per heavy atom. The number of rotatable bonds is 7. The first kappa shape index (κ1) is 21.4. The number of nitrogens with zero attached hydrogens (tertiary/aromatic N) is 3. The van der Waals surface area contributed by atoms with Crippen LogP contribution in [0.1, 0.15) is 57.8 Å². The maximum Gasteiger partial charge on any atom is 0.216 e. The van der Waals surface area contributed by atoms with Crippen molar-refractivity contribution in [2.75, 3.05) is 19.6 Å². The van der Waals surface area contributed by atoms with Crippen LogP contribution in [-0.4, -0.2) is 41.5 Å². The summed E-state index contributed by atoms with van der Waals surface area (Å²) >= 11 is 0. The first-order valence-electron chi connectivity index (χ1n) is 10.7. The average Bonchev–Trinajstić information content (AvgIpc) is 3.34. The molecule has 2 heterocycles. The number of aliphatic imine (C=N–C) groups is 1. The summed E-state index contributed by atoms with van der Waals surface area (Å²) in [5, 5.41) is 6.84. The Labute approximate surface area is 174 Å². The highest BCUT2D eigenvalue weighted by Crippen LogP contribution is 2.23. The molecule has 0 amide bonds. The summed E-state index contributed by atoms with van der Waals surface area (Å²) in [6, 6.07) is 11.2. The lowest BCUT2D eigenvalue weighted by Gasteiger charge is -2.25. The number of aromatic nitrogens is 1.